The lowest BCUT2D eigenvalue weighted by Gasteiger charge is -2.19. The zero-order chi connectivity index (χ0) is 14.7. The van der Waals surface area contributed by atoms with Crippen LogP contribution in [0.25, 0.3) is 0 Å². The third-order valence-corrected chi connectivity index (χ3v) is 2.50. The molecular formula is C14H18F3NO. The first kappa shape index (κ1) is 15.7. The number of halogens is 3. The average Bonchev–Trinajstić information content (AvgIpc) is 2.25. The van der Waals surface area contributed by atoms with Gasteiger partial charge in [-0.15, -0.1) is 0 Å². The highest BCUT2D eigenvalue weighted by molar-refractivity contribution is 5.82. The van der Waals surface area contributed by atoms with Crippen molar-refractivity contribution >= 4 is 5.78 Å². The van der Waals surface area contributed by atoms with Crippen LogP contribution in [0.4, 0.5) is 13.2 Å². The molecule has 0 spiro atoms. The number of alkyl halides is 3. The molecule has 0 aromatic heterocycles. The van der Waals surface area contributed by atoms with E-state index >= 15 is 0 Å². The Morgan fingerprint density at radius 2 is 1.63 bits per heavy atom. The zero-order valence-electron chi connectivity index (χ0n) is 11.3. The molecule has 0 bridgehead atoms. The van der Waals surface area contributed by atoms with Crippen molar-refractivity contribution < 1.29 is 18.0 Å². The lowest BCUT2D eigenvalue weighted by Crippen LogP contribution is -2.39. The van der Waals surface area contributed by atoms with Crippen LogP contribution in [0.15, 0.2) is 24.3 Å². The summed E-state index contributed by atoms with van der Waals surface area (Å²) >= 11 is 0. The smallest absolute Gasteiger partial charge is 0.305 e. The summed E-state index contributed by atoms with van der Waals surface area (Å²) in [7, 11) is 0. The van der Waals surface area contributed by atoms with E-state index in [1.807, 2.05) is 20.8 Å². The van der Waals surface area contributed by atoms with E-state index in [9.17, 15) is 18.0 Å². The number of benzene rings is 1. The Hall–Kier alpha value is -1.36. The standard InChI is InChI=1S/C14H18F3NO/c1-13(2,3)18-9-12(19)8-10-4-6-11(7-5-10)14(15,16)17/h4-7,18H,8-9H2,1-3H3. The number of hydrogen-bond donors (Lipinski definition) is 1. The summed E-state index contributed by atoms with van der Waals surface area (Å²) in [5.41, 5.74) is -0.263. The highest BCUT2D eigenvalue weighted by Gasteiger charge is 2.29. The van der Waals surface area contributed by atoms with Crippen LogP contribution in [0.2, 0.25) is 0 Å². The van der Waals surface area contributed by atoms with E-state index in [1.165, 1.54) is 12.1 Å². The Bertz CT molecular complexity index is 429. The van der Waals surface area contributed by atoms with Crippen molar-refractivity contribution in [3.8, 4) is 0 Å². The summed E-state index contributed by atoms with van der Waals surface area (Å²) in [6, 6.07) is 4.69. The number of Topliss-reactive ketones (excluding diaryl/α,β-unsaturated/α-hetero) is 1. The van der Waals surface area contributed by atoms with E-state index in [1.54, 1.807) is 0 Å². The van der Waals surface area contributed by atoms with E-state index in [4.69, 9.17) is 0 Å². The van der Waals surface area contributed by atoms with Crippen LogP contribution in [0.1, 0.15) is 31.9 Å². The van der Waals surface area contributed by atoms with Crippen LogP contribution in [0, 0.1) is 0 Å². The second kappa shape index (κ2) is 5.74. The molecular weight excluding hydrogens is 255 g/mol. The molecule has 1 aromatic rings. The summed E-state index contributed by atoms with van der Waals surface area (Å²) in [5, 5.41) is 3.05. The number of carbonyl (C=O) groups is 1. The van der Waals surface area contributed by atoms with Gasteiger partial charge < -0.3 is 5.32 Å². The van der Waals surface area contributed by atoms with Crippen molar-refractivity contribution in [1.82, 2.24) is 5.32 Å². The monoisotopic (exact) mass is 273 g/mol. The van der Waals surface area contributed by atoms with Crippen LogP contribution >= 0.6 is 0 Å². The number of ketones is 1. The molecule has 1 aromatic carbocycles. The van der Waals surface area contributed by atoms with Gasteiger partial charge in [-0.05, 0) is 38.5 Å². The van der Waals surface area contributed by atoms with Crippen LogP contribution in [-0.2, 0) is 17.4 Å². The molecule has 0 amide bonds. The quantitative estimate of drug-likeness (QED) is 0.912. The van der Waals surface area contributed by atoms with Gasteiger partial charge in [-0.25, -0.2) is 0 Å². The second-order valence-corrected chi connectivity index (χ2v) is 5.51. The van der Waals surface area contributed by atoms with Crippen LogP contribution < -0.4 is 5.32 Å². The maximum atomic E-state index is 12.4. The Labute approximate surface area is 111 Å². The molecule has 0 saturated carbocycles. The van der Waals surface area contributed by atoms with Gasteiger partial charge in [0.15, 0.2) is 5.78 Å². The second-order valence-electron chi connectivity index (χ2n) is 5.51. The molecule has 1 N–H and O–H groups in total. The van der Waals surface area contributed by atoms with Gasteiger partial charge >= 0.3 is 6.18 Å². The summed E-state index contributed by atoms with van der Waals surface area (Å²) in [5.74, 6) is -0.0466. The van der Waals surface area contributed by atoms with E-state index in [0.717, 1.165) is 12.1 Å². The molecule has 0 saturated heterocycles. The highest BCUT2D eigenvalue weighted by atomic mass is 19.4. The molecule has 0 aliphatic rings. The Balaban J connectivity index is 2.56. The van der Waals surface area contributed by atoms with Crippen molar-refractivity contribution in [2.24, 2.45) is 0 Å². The van der Waals surface area contributed by atoms with Gasteiger partial charge in [0, 0.05) is 12.0 Å². The van der Waals surface area contributed by atoms with Crippen LogP contribution in [0.3, 0.4) is 0 Å². The van der Waals surface area contributed by atoms with Crippen molar-refractivity contribution in [2.45, 2.75) is 38.9 Å². The Morgan fingerprint density at radius 1 is 1.11 bits per heavy atom. The van der Waals surface area contributed by atoms with Gasteiger partial charge in [0.05, 0.1) is 12.1 Å². The molecule has 19 heavy (non-hydrogen) atoms. The molecule has 0 aliphatic heterocycles. The molecule has 1 rings (SSSR count). The summed E-state index contributed by atoms with van der Waals surface area (Å²) in [4.78, 5) is 11.7. The minimum absolute atomic E-state index is 0.0466. The number of nitrogens with one attached hydrogen (secondary N) is 1. The summed E-state index contributed by atoms with van der Waals surface area (Å²) in [6.45, 7) is 6.04. The fourth-order valence-corrected chi connectivity index (χ4v) is 1.47. The van der Waals surface area contributed by atoms with Gasteiger partial charge in [-0.3, -0.25) is 4.79 Å². The SMILES string of the molecule is CC(C)(C)NCC(=O)Cc1ccc(C(F)(F)F)cc1. The number of hydrogen-bond acceptors (Lipinski definition) is 2. The molecule has 5 heteroatoms. The third kappa shape index (κ3) is 5.87. The van der Waals surface area contributed by atoms with Crippen LogP contribution in [-0.4, -0.2) is 17.9 Å². The first-order valence-corrected chi connectivity index (χ1v) is 6.01. The van der Waals surface area contributed by atoms with Crippen LogP contribution in [0.5, 0.6) is 0 Å². The minimum atomic E-state index is -4.34. The molecule has 0 radical (unpaired) electrons. The molecule has 0 fully saturated rings. The van der Waals surface area contributed by atoms with Crippen molar-refractivity contribution in [2.75, 3.05) is 6.54 Å². The molecule has 0 atom stereocenters. The predicted octanol–water partition coefficient (Wildman–Crippen LogP) is 3.21. The molecule has 0 unspecified atom stereocenters. The molecule has 106 valence electrons. The Morgan fingerprint density at radius 3 is 2.05 bits per heavy atom. The molecule has 0 aliphatic carbocycles. The van der Waals surface area contributed by atoms with Gasteiger partial charge in [0.2, 0.25) is 0 Å². The summed E-state index contributed by atoms with van der Waals surface area (Å²) < 4.78 is 37.1. The normalized spacial score (nSPS) is 12.5. The fraction of sp³-hybridized carbons (Fsp3) is 0.500. The predicted molar refractivity (Wildman–Crippen MR) is 67.9 cm³/mol. The average molecular weight is 273 g/mol. The topological polar surface area (TPSA) is 29.1 Å². The van der Waals surface area contributed by atoms with E-state index in [2.05, 4.69) is 5.32 Å². The molecule has 2 nitrogen and oxygen atoms in total. The number of rotatable bonds is 4. The van der Waals surface area contributed by atoms with Gasteiger partial charge in [-0.1, -0.05) is 12.1 Å². The van der Waals surface area contributed by atoms with Gasteiger partial charge in [0.1, 0.15) is 0 Å². The minimum Gasteiger partial charge on any atom is -0.305 e. The lowest BCUT2D eigenvalue weighted by molar-refractivity contribution is -0.137. The summed E-state index contributed by atoms with van der Waals surface area (Å²) in [6.07, 6.45) is -4.20. The largest absolute Gasteiger partial charge is 0.416 e. The molecule has 0 heterocycles. The zero-order valence-corrected chi connectivity index (χ0v) is 11.3. The van der Waals surface area contributed by atoms with E-state index in [0.29, 0.717) is 5.56 Å². The first-order valence-electron chi connectivity index (χ1n) is 6.01. The third-order valence-electron chi connectivity index (χ3n) is 2.50. The van der Waals surface area contributed by atoms with Crippen molar-refractivity contribution in [3.63, 3.8) is 0 Å². The number of carbonyl (C=O) groups excluding carboxylic acids is 1. The van der Waals surface area contributed by atoms with Crippen molar-refractivity contribution in [3.05, 3.63) is 35.4 Å². The highest BCUT2D eigenvalue weighted by Crippen LogP contribution is 2.29. The van der Waals surface area contributed by atoms with E-state index in [-0.39, 0.29) is 24.3 Å². The van der Waals surface area contributed by atoms with Gasteiger partial charge in [0.25, 0.3) is 0 Å². The van der Waals surface area contributed by atoms with E-state index < -0.39 is 11.7 Å². The fourth-order valence-electron chi connectivity index (χ4n) is 1.47. The lowest BCUT2D eigenvalue weighted by atomic mass is 10.0. The maximum absolute atomic E-state index is 12.4. The Kier molecular flexibility index (Phi) is 4.74. The maximum Gasteiger partial charge on any atom is 0.416 e. The van der Waals surface area contributed by atoms with Gasteiger partial charge in [-0.2, -0.15) is 13.2 Å². The first-order chi connectivity index (χ1) is 8.58. The van der Waals surface area contributed by atoms with Crippen molar-refractivity contribution in [1.29, 1.82) is 0 Å².